The molecule has 1 aliphatic carbocycles. The van der Waals surface area contributed by atoms with Crippen molar-refractivity contribution in [3.05, 3.63) is 78.9 Å². The summed E-state index contributed by atoms with van der Waals surface area (Å²) in [7, 11) is 0. The predicted octanol–water partition coefficient (Wildman–Crippen LogP) is 3.94. The zero-order chi connectivity index (χ0) is 12.2. The van der Waals surface area contributed by atoms with Gasteiger partial charge in [-0.25, -0.2) is 0 Å². The van der Waals surface area contributed by atoms with Gasteiger partial charge in [0, 0.05) is 0 Å². The van der Waals surface area contributed by atoms with Crippen LogP contribution in [0.2, 0.25) is 0 Å². The number of hydrogen-bond donors (Lipinski definition) is 0. The summed E-state index contributed by atoms with van der Waals surface area (Å²) in [5.41, 5.74) is 2.27. The van der Waals surface area contributed by atoms with Gasteiger partial charge in [-0.2, -0.15) is 0 Å². The Bertz CT molecular complexity index is 375. The van der Waals surface area contributed by atoms with Gasteiger partial charge >= 0.3 is 17.1 Å². The van der Waals surface area contributed by atoms with Gasteiger partial charge in [0.15, 0.2) is 0 Å². The Morgan fingerprint density at radius 1 is 1.06 bits per heavy atom. The molecule has 0 aromatic heterocycles. The van der Waals surface area contributed by atoms with E-state index in [1.165, 1.54) is 5.56 Å². The van der Waals surface area contributed by atoms with Crippen molar-refractivity contribution in [1.82, 2.24) is 0 Å². The summed E-state index contributed by atoms with van der Waals surface area (Å²) in [5.74, 6) is 0. The SMILES string of the molecule is C=C1C=CC=C1.C=Cc1ccccc1.[C]=O.[Fe+3].[H-].[H-].[H-]. The van der Waals surface area contributed by atoms with Crippen molar-refractivity contribution in [2.45, 2.75) is 0 Å². The Morgan fingerprint density at radius 2 is 1.53 bits per heavy atom. The van der Waals surface area contributed by atoms with Crippen LogP contribution in [-0.4, -0.2) is 6.79 Å². The van der Waals surface area contributed by atoms with Crippen molar-refractivity contribution in [2.75, 3.05) is 0 Å². The maximum Gasteiger partial charge on any atom is 3.00 e. The first kappa shape index (κ1) is 17.8. The maximum absolute atomic E-state index is 7.50. The van der Waals surface area contributed by atoms with Crippen LogP contribution in [0.1, 0.15) is 9.84 Å². The van der Waals surface area contributed by atoms with Gasteiger partial charge in [-0.05, 0) is 11.1 Å². The third-order valence-corrected chi connectivity index (χ3v) is 1.77. The van der Waals surface area contributed by atoms with Crippen molar-refractivity contribution in [2.24, 2.45) is 0 Å². The van der Waals surface area contributed by atoms with Crippen LogP contribution in [0.15, 0.2) is 73.4 Å². The van der Waals surface area contributed by atoms with Crippen molar-refractivity contribution in [3.8, 4) is 0 Å². The van der Waals surface area contributed by atoms with Gasteiger partial charge in [-0.15, -0.1) is 0 Å². The maximum atomic E-state index is 7.50. The molecule has 0 spiro atoms. The predicted molar refractivity (Wildman–Crippen MR) is 73.0 cm³/mol. The van der Waals surface area contributed by atoms with Gasteiger partial charge in [0.25, 0.3) is 6.79 Å². The molecule has 0 unspecified atom stereocenters. The molecule has 0 bridgehead atoms. The van der Waals surface area contributed by atoms with Crippen molar-refractivity contribution >= 4 is 12.9 Å². The normalized spacial score (nSPS) is 10.2. The van der Waals surface area contributed by atoms with E-state index in [0.717, 1.165) is 5.57 Å². The van der Waals surface area contributed by atoms with E-state index in [1.807, 2.05) is 60.7 Å². The van der Waals surface area contributed by atoms with E-state index in [-0.39, 0.29) is 21.3 Å². The fraction of sp³-hybridized carbons (Fsp3) is 0. The van der Waals surface area contributed by atoms with Crippen LogP contribution in [0.5, 0.6) is 0 Å². The zero-order valence-electron chi connectivity index (χ0n) is 12.4. The Morgan fingerprint density at radius 3 is 1.76 bits per heavy atom. The summed E-state index contributed by atoms with van der Waals surface area (Å²) in [6.45, 7) is 11.8. The molecule has 3 radical (unpaired) electrons. The average molecular weight is 269 g/mol. The van der Waals surface area contributed by atoms with Crippen LogP contribution in [0.3, 0.4) is 0 Å². The van der Waals surface area contributed by atoms with E-state index >= 15 is 0 Å². The standard InChI is InChI=1S/C8H8.C6H6.CO.Fe.3H/c1-2-8-6-4-3-5-7-8;1-6-4-2-3-5-6;1-2;;;;/h2-7H,1H2;2-5H,1H2;;;;;/q;;;+3;3*-1. The number of carbonyl (C=O) groups excluding carboxylic acids is 1. The topological polar surface area (TPSA) is 17.1 Å². The number of hydrogen-bond acceptors (Lipinski definition) is 1. The second-order valence-electron chi connectivity index (χ2n) is 2.91. The van der Waals surface area contributed by atoms with Crippen molar-refractivity contribution < 1.29 is 26.1 Å². The molecule has 1 aromatic carbocycles. The number of benzene rings is 1. The minimum atomic E-state index is 0. The molecule has 0 fully saturated rings. The molecular weight excluding hydrogens is 252 g/mol. The van der Waals surface area contributed by atoms with Crippen molar-refractivity contribution in [3.63, 3.8) is 0 Å². The summed E-state index contributed by atoms with van der Waals surface area (Å²) in [6.07, 6.45) is 9.73. The molecule has 17 heavy (non-hydrogen) atoms. The van der Waals surface area contributed by atoms with Gasteiger partial charge < -0.3 is 4.28 Å². The third-order valence-electron chi connectivity index (χ3n) is 1.77. The molecular formula is C15H17FeO. The Balaban J connectivity index is -0.0000000575. The van der Waals surface area contributed by atoms with Gasteiger partial charge in [-0.3, -0.25) is 4.79 Å². The minimum Gasteiger partial charge on any atom is -1.00 e. The van der Waals surface area contributed by atoms with E-state index in [2.05, 4.69) is 19.9 Å². The molecule has 0 saturated carbocycles. The Hall–Kier alpha value is -1.63. The summed E-state index contributed by atoms with van der Waals surface area (Å²) in [6, 6.07) is 10.0. The Kier molecular flexibility index (Phi) is 13.0. The molecule has 0 N–H and O–H groups in total. The second kappa shape index (κ2) is 12.4. The molecule has 0 atom stereocenters. The van der Waals surface area contributed by atoms with Crippen LogP contribution >= 0.6 is 0 Å². The number of rotatable bonds is 1. The monoisotopic (exact) mass is 269 g/mol. The summed E-state index contributed by atoms with van der Waals surface area (Å²) in [4.78, 5) is 7.50. The van der Waals surface area contributed by atoms with Crippen LogP contribution in [0.4, 0.5) is 0 Å². The van der Waals surface area contributed by atoms with E-state index < -0.39 is 0 Å². The first-order valence-electron chi connectivity index (χ1n) is 4.74. The van der Waals surface area contributed by atoms with Gasteiger partial charge in [0.1, 0.15) is 0 Å². The smallest absolute Gasteiger partial charge is 1.00 e. The molecule has 0 heterocycles. The molecule has 2 rings (SSSR count). The van der Waals surface area contributed by atoms with Crippen LogP contribution in [0, 0.1) is 0 Å². The zero-order valence-corrected chi connectivity index (χ0v) is 10.6. The first-order valence-corrected chi connectivity index (χ1v) is 4.74. The van der Waals surface area contributed by atoms with Crippen LogP contribution in [-0.2, 0) is 21.9 Å². The minimum absolute atomic E-state index is 0. The molecule has 2 heteroatoms. The molecule has 0 aliphatic heterocycles. The third kappa shape index (κ3) is 9.31. The van der Waals surface area contributed by atoms with E-state index in [1.54, 1.807) is 0 Å². The summed E-state index contributed by atoms with van der Waals surface area (Å²) >= 11 is 0. The van der Waals surface area contributed by atoms with Crippen molar-refractivity contribution in [1.29, 1.82) is 0 Å². The van der Waals surface area contributed by atoms with Gasteiger partial charge in [0.05, 0.1) is 0 Å². The van der Waals surface area contributed by atoms with Gasteiger partial charge in [-0.1, -0.05) is 73.9 Å². The van der Waals surface area contributed by atoms with Crippen LogP contribution < -0.4 is 0 Å². The number of allylic oxidation sites excluding steroid dienone is 5. The summed E-state index contributed by atoms with van der Waals surface area (Å²) in [5, 5.41) is 0. The van der Waals surface area contributed by atoms with E-state index in [9.17, 15) is 0 Å². The van der Waals surface area contributed by atoms with E-state index in [4.69, 9.17) is 4.79 Å². The molecule has 0 amide bonds. The van der Waals surface area contributed by atoms with Gasteiger partial charge in [0.2, 0.25) is 0 Å². The van der Waals surface area contributed by atoms with Crippen LogP contribution in [0.25, 0.3) is 6.08 Å². The fourth-order valence-electron chi connectivity index (χ4n) is 1.00. The summed E-state index contributed by atoms with van der Waals surface area (Å²) < 4.78 is 0. The molecule has 0 saturated heterocycles. The van der Waals surface area contributed by atoms with E-state index in [0.29, 0.717) is 0 Å². The quantitative estimate of drug-likeness (QED) is 0.706. The first-order chi connectivity index (χ1) is 7.83. The molecule has 1 aliphatic rings. The second-order valence-corrected chi connectivity index (χ2v) is 2.91. The molecule has 1 aromatic rings. The Labute approximate surface area is 118 Å². The fourth-order valence-corrected chi connectivity index (χ4v) is 1.00. The largest absolute Gasteiger partial charge is 3.00 e. The molecule has 1 nitrogen and oxygen atoms in total. The average Bonchev–Trinajstić information content (AvgIpc) is 2.85. The molecule has 91 valence electrons.